The zero-order valence-corrected chi connectivity index (χ0v) is 9.88. The molecule has 0 spiro atoms. The number of hydrogen-bond acceptors (Lipinski definition) is 2. The Hall–Kier alpha value is -0.990. The number of halogens is 1. The highest BCUT2D eigenvalue weighted by Crippen LogP contribution is 2.28. The lowest BCUT2D eigenvalue weighted by Gasteiger charge is -2.22. The van der Waals surface area contributed by atoms with E-state index < -0.39 is 0 Å². The fourth-order valence-corrected chi connectivity index (χ4v) is 1.77. The molecule has 0 saturated carbocycles. The van der Waals surface area contributed by atoms with Crippen LogP contribution in [0.3, 0.4) is 0 Å². The van der Waals surface area contributed by atoms with Gasteiger partial charge >= 0.3 is 0 Å². The molecule has 1 aromatic carbocycles. The van der Waals surface area contributed by atoms with E-state index in [-0.39, 0.29) is 6.17 Å². The summed E-state index contributed by atoms with van der Waals surface area (Å²) in [6.07, 6.45) is 1.83. The topological polar surface area (TPSA) is 38.0 Å². The van der Waals surface area contributed by atoms with Crippen LogP contribution in [0.25, 0.3) is 5.57 Å². The number of para-hydroxylation sites is 1. The van der Waals surface area contributed by atoms with Crippen molar-refractivity contribution in [3.8, 4) is 0 Å². The number of nitrogens with two attached hydrogens (primary N) is 1. The van der Waals surface area contributed by atoms with Gasteiger partial charge in [0.1, 0.15) is 0 Å². The van der Waals surface area contributed by atoms with Crippen molar-refractivity contribution in [3.63, 3.8) is 0 Å². The summed E-state index contributed by atoms with van der Waals surface area (Å²) in [6.45, 7) is 4.00. The van der Waals surface area contributed by atoms with E-state index in [1.165, 1.54) is 0 Å². The van der Waals surface area contributed by atoms with Crippen molar-refractivity contribution in [1.82, 2.24) is 0 Å². The Kier molecular flexibility index (Phi) is 4.66. The number of rotatable bonds is 1. The number of allylic oxidation sites excluding steroid dienone is 1. The minimum Gasteiger partial charge on any atom is -0.366 e. The summed E-state index contributed by atoms with van der Waals surface area (Å²) in [5.74, 6) is 0.506. The van der Waals surface area contributed by atoms with E-state index in [4.69, 9.17) is 17.3 Å². The van der Waals surface area contributed by atoms with Crippen LogP contribution >= 0.6 is 11.6 Å². The Labute approximate surface area is 96.1 Å². The first-order chi connectivity index (χ1) is 7.31. The number of benzene rings is 1. The van der Waals surface area contributed by atoms with E-state index in [0.29, 0.717) is 5.88 Å². The third-order valence-corrected chi connectivity index (χ3v) is 2.41. The number of nitrogens with one attached hydrogen (secondary N) is 1. The fraction of sp³-hybridized carbons (Fsp3) is 0.333. The Morgan fingerprint density at radius 3 is 2.67 bits per heavy atom. The van der Waals surface area contributed by atoms with Crippen LogP contribution in [0.1, 0.15) is 19.4 Å². The molecule has 1 aliphatic rings. The van der Waals surface area contributed by atoms with E-state index >= 15 is 0 Å². The molecule has 15 heavy (non-hydrogen) atoms. The minimum absolute atomic E-state index is 0.122. The molecule has 1 heterocycles. The second kappa shape index (κ2) is 5.79. The van der Waals surface area contributed by atoms with Crippen molar-refractivity contribution in [1.29, 1.82) is 0 Å². The first-order valence-corrected chi connectivity index (χ1v) is 5.73. The highest BCUT2D eigenvalue weighted by molar-refractivity contribution is 6.23. The molecule has 0 saturated heterocycles. The highest BCUT2D eigenvalue weighted by Gasteiger charge is 2.14. The predicted molar refractivity (Wildman–Crippen MR) is 68.1 cm³/mol. The average molecular weight is 225 g/mol. The zero-order valence-electron chi connectivity index (χ0n) is 9.13. The number of hydrogen-bond donors (Lipinski definition) is 2. The van der Waals surface area contributed by atoms with Crippen molar-refractivity contribution >= 4 is 22.9 Å². The summed E-state index contributed by atoms with van der Waals surface area (Å²) < 4.78 is 0. The second-order valence-electron chi connectivity index (χ2n) is 3.04. The normalized spacial score (nSPS) is 17.9. The lowest BCUT2D eigenvalue weighted by Crippen LogP contribution is -2.30. The third-order valence-electron chi connectivity index (χ3n) is 2.12. The lowest BCUT2D eigenvalue weighted by atomic mass is 10.0. The molecule has 2 rings (SSSR count). The van der Waals surface area contributed by atoms with Crippen molar-refractivity contribution in [2.45, 2.75) is 20.0 Å². The first-order valence-electron chi connectivity index (χ1n) is 5.19. The van der Waals surface area contributed by atoms with Gasteiger partial charge in [-0.1, -0.05) is 32.0 Å². The summed E-state index contributed by atoms with van der Waals surface area (Å²) in [5.41, 5.74) is 9.09. The largest absolute Gasteiger partial charge is 0.366 e. The molecule has 0 bridgehead atoms. The number of alkyl halides is 1. The Morgan fingerprint density at radius 2 is 2.00 bits per heavy atom. The molecule has 2 nitrogen and oxygen atoms in total. The van der Waals surface area contributed by atoms with E-state index in [2.05, 4.69) is 5.32 Å². The van der Waals surface area contributed by atoms with Crippen molar-refractivity contribution < 1.29 is 0 Å². The Balaban J connectivity index is 0.000000531. The van der Waals surface area contributed by atoms with Crippen LogP contribution in [0, 0.1) is 0 Å². The fourth-order valence-electron chi connectivity index (χ4n) is 1.53. The van der Waals surface area contributed by atoms with Crippen molar-refractivity contribution in [3.05, 3.63) is 35.9 Å². The molecule has 82 valence electrons. The summed E-state index contributed by atoms with van der Waals surface area (Å²) in [6, 6.07) is 8.03. The Bertz CT molecular complexity index is 347. The predicted octanol–water partition coefficient (Wildman–Crippen LogP) is 3.05. The first kappa shape index (κ1) is 12.1. The average Bonchev–Trinajstić information content (AvgIpc) is 2.30. The molecule has 1 aliphatic heterocycles. The maximum atomic E-state index is 5.82. The number of fused-ring (bicyclic) bond motifs is 1. The smallest absolute Gasteiger partial charge is 0.0941 e. The Morgan fingerprint density at radius 1 is 1.33 bits per heavy atom. The van der Waals surface area contributed by atoms with E-state index in [0.717, 1.165) is 16.8 Å². The van der Waals surface area contributed by atoms with Crippen LogP contribution in [-0.4, -0.2) is 12.0 Å². The van der Waals surface area contributed by atoms with Crippen molar-refractivity contribution in [2.24, 2.45) is 5.73 Å². The molecule has 0 aromatic heterocycles. The standard InChI is InChI=1S/C10H11ClN2.C2H6/c11-6-7-5-10(12)13-9-4-2-1-3-8(7)9;1-2/h1-5,10,13H,6,12H2;1-2H3. The highest BCUT2D eigenvalue weighted by atomic mass is 35.5. The van der Waals surface area contributed by atoms with Crippen LogP contribution < -0.4 is 11.1 Å². The quantitative estimate of drug-likeness (QED) is 0.720. The van der Waals surface area contributed by atoms with E-state index in [1.54, 1.807) is 0 Å². The van der Waals surface area contributed by atoms with Gasteiger partial charge in [-0.2, -0.15) is 0 Å². The molecule has 0 radical (unpaired) electrons. The van der Waals surface area contributed by atoms with Gasteiger partial charge in [-0.25, -0.2) is 0 Å². The van der Waals surface area contributed by atoms with Crippen LogP contribution in [0.15, 0.2) is 30.3 Å². The summed E-state index contributed by atoms with van der Waals surface area (Å²) >= 11 is 5.82. The lowest BCUT2D eigenvalue weighted by molar-refractivity contribution is 0.932. The van der Waals surface area contributed by atoms with E-state index in [9.17, 15) is 0 Å². The van der Waals surface area contributed by atoms with Gasteiger partial charge in [0.2, 0.25) is 0 Å². The molecule has 1 aromatic rings. The van der Waals surface area contributed by atoms with Gasteiger partial charge in [0.25, 0.3) is 0 Å². The summed E-state index contributed by atoms with van der Waals surface area (Å²) in [5, 5.41) is 3.17. The molecule has 3 heteroatoms. The minimum atomic E-state index is -0.122. The molecule has 1 unspecified atom stereocenters. The maximum absolute atomic E-state index is 5.82. The molecular weight excluding hydrogens is 208 g/mol. The van der Waals surface area contributed by atoms with Gasteiger partial charge in [-0.15, -0.1) is 11.6 Å². The summed E-state index contributed by atoms with van der Waals surface area (Å²) in [4.78, 5) is 0. The van der Waals surface area contributed by atoms with Gasteiger partial charge in [-0.3, -0.25) is 0 Å². The molecule has 0 fully saturated rings. The van der Waals surface area contributed by atoms with Gasteiger partial charge in [0.15, 0.2) is 0 Å². The molecule has 1 atom stereocenters. The van der Waals surface area contributed by atoms with Crippen LogP contribution in [0.4, 0.5) is 5.69 Å². The molecular formula is C12H17ClN2. The van der Waals surface area contributed by atoms with Gasteiger partial charge in [0.05, 0.1) is 6.17 Å². The molecule has 0 amide bonds. The monoisotopic (exact) mass is 224 g/mol. The zero-order chi connectivity index (χ0) is 11.3. The van der Waals surface area contributed by atoms with Gasteiger partial charge in [0, 0.05) is 17.1 Å². The SMILES string of the molecule is CC.NC1C=C(CCl)c2ccccc2N1. The second-order valence-corrected chi connectivity index (χ2v) is 3.31. The van der Waals surface area contributed by atoms with Crippen LogP contribution in [0.2, 0.25) is 0 Å². The van der Waals surface area contributed by atoms with Crippen molar-refractivity contribution in [2.75, 3.05) is 11.2 Å². The molecule has 0 aliphatic carbocycles. The van der Waals surface area contributed by atoms with Gasteiger partial charge in [-0.05, 0) is 17.7 Å². The van der Waals surface area contributed by atoms with Crippen LogP contribution in [-0.2, 0) is 0 Å². The summed E-state index contributed by atoms with van der Waals surface area (Å²) in [7, 11) is 0. The van der Waals surface area contributed by atoms with Gasteiger partial charge < -0.3 is 11.1 Å². The van der Waals surface area contributed by atoms with Crippen LogP contribution in [0.5, 0.6) is 0 Å². The number of anilines is 1. The maximum Gasteiger partial charge on any atom is 0.0941 e. The third kappa shape index (κ3) is 2.74. The van der Waals surface area contributed by atoms with E-state index in [1.807, 2.05) is 44.2 Å². The molecule has 3 N–H and O–H groups in total.